The minimum absolute atomic E-state index is 0.380. The molecule has 94 valence electrons. The van der Waals surface area contributed by atoms with Gasteiger partial charge in [-0.3, -0.25) is 4.72 Å². The molecule has 0 unspecified atom stereocenters. The highest BCUT2D eigenvalue weighted by Crippen LogP contribution is 2.23. The van der Waals surface area contributed by atoms with Gasteiger partial charge in [0, 0.05) is 16.4 Å². The third kappa shape index (κ3) is 3.94. The lowest BCUT2D eigenvalue weighted by Gasteiger charge is -2.06. The molecule has 0 aromatic heterocycles. The van der Waals surface area contributed by atoms with Gasteiger partial charge in [0.15, 0.2) is 0 Å². The van der Waals surface area contributed by atoms with Crippen molar-refractivity contribution in [2.75, 3.05) is 4.72 Å². The van der Waals surface area contributed by atoms with E-state index < -0.39 is 9.24 Å². The molecule has 2 aromatic carbocycles. The maximum Gasteiger partial charge on any atom is 0.319 e. The maximum absolute atomic E-state index is 10.8. The molecule has 18 heavy (non-hydrogen) atoms. The van der Waals surface area contributed by atoms with Crippen LogP contribution < -0.4 is 9.46 Å². The fourth-order valence-electron chi connectivity index (χ4n) is 1.36. The van der Waals surface area contributed by atoms with Gasteiger partial charge in [-0.05, 0) is 36.4 Å². The van der Waals surface area contributed by atoms with Crippen molar-refractivity contribution in [1.82, 2.24) is 0 Å². The van der Waals surface area contributed by atoms with Gasteiger partial charge < -0.3 is 4.74 Å². The van der Waals surface area contributed by atoms with Crippen LogP contribution in [0.2, 0.25) is 0 Å². The number of para-hydroxylation sites is 1. The smallest absolute Gasteiger partial charge is 0.319 e. The number of benzene rings is 2. The Morgan fingerprint density at radius 2 is 1.44 bits per heavy atom. The molecule has 2 rings (SSSR count). The Kier molecular flexibility index (Phi) is 3.74. The second-order valence-electron chi connectivity index (χ2n) is 3.48. The fraction of sp³-hybridized carbons (Fsp3) is 0. The molecule has 0 aliphatic rings. The molecule has 0 spiro atoms. The Bertz CT molecular complexity index is 612. The largest absolute Gasteiger partial charge is 0.457 e. The van der Waals surface area contributed by atoms with E-state index in [1.165, 1.54) is 0 Å². The number of hydrogen-bond acceptors (Lipinski definition) is 3. The number of nitrogens with one attached hydrogen (secondary N) is 1. The van der Waals surface area contributed by atoms with Gasteiger partial charge in [-0.25, -0.2) is 0 Å². The van der Waals surface area contributed by atoms with Crippen LogP contribution in [0, 0.1) is 0 Å². The molecular weight excluding hydrogens is 274 g/mol. The predicted octanol–water partition coefficient (Wildman–Crippen LogP) is 3.37. The summed E-state index contributed by atoms with van der Waals surface area (Å²) < 4.78 is 29.3. The zero-order chi connectivity index (χ0) is 13.0. The van der Waals surface area contributed by atoms with Crippen molar-refractivity contribution < 1.29 is 13.2 Å². The topological polar surface area (TPSA) is 55.4 Å². The van der Waals surface area contributed by atoms with Gasteiger partial charge in [0.05, 0.1) is 0 Å². The second kappa shape index (κ2) is 5.29. The van der Waals surface area contributed by atoms with Crippen LogP contribution in [0.3, 0.4) is 0 Å². The highest BCUT2D eigenvalue weighted by molar-refractivity contribution is 8.14. The molecule has 0 aliphatic heterocycles. The molecule has 0 saturated heterocycles. The van der Waals surface area contributed by atoms with Crippen LogP contribution in [0.25, 0.3) is 0 Å². The number of ether oxygens (including phenoxy) is 1. The van der Waals surface area contributed by atoms with Crippen LogP contribution >= 0.6 is 10.7 Å². The quantitative estimate of drug-likeness (QED) is 0.875. The van der Waals surface area contributed by atoms with Gasteiger partial charge in [0.2, 0.25) is 0 Å². The Balaban J connectivity index is 2.09. The second-order valence-corrected chi connectivity index (χ2v) is 5.78. The minimum atomic E-state index is -3.77. The molecule has 2 aromatic rings. The summed E-state index contributed by atoms with van der Waals surface area (Å²) in [4.78, 5) is 0. The molecule has 0 aliphatic carbocycles. The normalized spacial score (nSPS) is 10.9. The summed E-state index contributed by atoms with van der Waals surface area (Å²) in [5.74, 6) is 1.32. The third-order valence-electron chi connectivity index (χ3n) is 2.07. The van der Waals surface area contributed by atoms with E-state index >= 15 is 0 Å². The Hall–Kier alpha value is -1.72. The summed E-state index contributed by atoms with van der Waals surface area (Å²) in [6, 6.07) is 15.7. The first-order valence-corrected chi connectivity index (χ1v) is 7.39. The zero-order valence-electron chi connectivity index (χ0n) is 9.21. The monoisotopic (exact) mass is 283 g/mol. The van der Waals surface area contributed by atoms with Crippen molar-refractivity contribution in [2.24, 2.45) is 0 Å². The molecule has 0 atom stereocenters. The predicted molar refractivity (Wildman–Crippen MR) is 71.4 cm³/mol. The average molecular weight is 284 g/mol. The molecule has 0 radical (unpaired) electrons. The van der Waals surface area contributed by atoms with Gasteiger partial charge in [-0.1, -0.05) is 18.2 Å². The van der Waals surface area contributed by atoms with Gasteiger partial charge in [-0.2, -0.15) is 8.42 Å². The lowest BCUT2D eigenvalue weighted by molar-refractivity contribution is 0.483. The number of anilines is 1. The number of halogens is 1. The first-order valence-electron chi connectivity index (χ1n) is 5.08. The molecule has 1 N–H and O–H groups in total. The van der Waals surface area contributed by atoms with Crippen LogP contribution in [0.5, 0.6) is 11.5 Å². The van der Waals surface area contributed by atoms with E-state index in [0.29, 0.717) is 17.2 Å². The van der Waals surface area contributed by atoms with E-state index in [-0.39, 0.29) is 0 Å². The molecule has 0 bridgehead atoms. The third-order valence-corrected chi connectivity index (χ3v) is 2.78. The van der Waals surface area contributed by atoms with Crippen molar-refractivity contribution in [2.45, 2.75) is 0 Å². The zero-order valence-corrected chi connectivity index (χ0v) is 10.8. The van der Waals surface area contributed by atoms with Crippen LogP contribution in [-0.2, 0) is 9.24 Å². The summed E-state index contributed by atoms with van der Waals surface area (Å²) in [6.45, 7) is 0. The van der Waals surface area contributed by atoms with Crippen LogP contribution in [0.15, 0.2) is 54.6 Å². The highest BCUT2D eigenvalue weighted by atomic mass is 35.7. The minimum Gasteiger partial charge on any atom is -0.457 e. The van der Waals surface area contributed by atoms with Crippen molar-refractivity contribution in [1.29, 1.82) is 0 Å². The molecule has 0 heterocycles. The lowest BCUT2D eigenvalue weighted by atomic mass is 10.3. The summed E-state index contributed by atoms with van der Waals surface area (Å²) in [6.07, 6.45) is 0. The molecule has 4 nitrogen and oxygen atoms in total. The standard InChI is InChI=1S/C12H10ClNO3S/c13-18(15,16)14-10-6-8-12(9-7-10)17-11-4-2-1-3-5-11/h1-9,14H. The van der Waals surface area contributed by atoms with E-state index in [0.717, 1.165) is 0 Å². The van der Waals surface area contributed by atoms with Crippen LogP contribution in [0.1, 0.15) is 0 Å². The summed E-state index contributed by atoms with van der Waals surface area (Å²) in [7, 11) is 1.30. The molecule has 6 heteroatoms. The fourth-order valence-corrected chi connectivity index (χ4v) is 2.04. The van der Waals surface area contributed by atoms with Crippen LogP contribution in [-0.4, -0.2) is 8.42 Å². The van der Waals surface area contributed by atoms with E-state index in [2.05, 4.69) is 4.72 Å². The Labute approximate surface area is 110 Å². The Morgan fingerprint density at radius 3 is 2.00 bits per heavy atom. The highest BCUT2D eigenvalue weighted by Gasteiger charge is 2.04. The summed E-state index contributed by atoms with van der Waals surface area (Å²) >= 11 is 0. The van der Waals surface area contributed by atoms with Crippen molar-refractivity contribution in [3.63, 3.8) is 0 Å². The van der Waals surface area contributed by atoms with Gasteiger partial charge in [-0.15, -0.1) is 0 Å². The number of hydrogen-bond donors (Lipinski definition) is 1. The van der Waals surface area contributed by atoms with Crippen LogP contribution in [0.4, 0.5) is 5.69 Å². The SMILES string of the molecule is O=S(=O)(Cl)Nc1ccc(Oc2ccccc2)cc1. The lowest BCUT2D eigenvalue weighted by Crippen LogP contribution is -2.03. The van der Waals surface area contributed by atoms with E-state index in [1.54, 1.807) is 24.3 Å². The van der Waals surface area contributed by atoms with E-state index in [4.69, 9.17) is 15.4 Å². The van der Waals surface area contributed by atoms with E-state index in [1.807, 2.05) is 30.3 Å². The van der Waals surface area contributed by atoms with Gasteiger partial charge in [0.25, 0.3) is 0 Å². The maximum atomic E-state index is 10.8. The number of rotatable bonds is 4. The molecular formula is C12H10ClNO3S. The first-order chi connectivity index (χ1) is 8.53. The van der Waals surface area contributed by atoms with Crippen molar-refractivity contribution in [3.05, 3.63) is 54.6 Å². The van der Waals surface area contributed by atoms with Crippen molar-refractivity contribution in [3.8, 4) is 11.5 Å². The van der Waals surface area contributed by atoms with Gasteiger partial charge >= 0.3 is 9.24 Å². The Morgan fingerprint density at radius 1 is 0.889 bits per heavy atom. The van der Waals surface area contributed by atoms with Crippen molar-refractivity contribution >= 4 is 25.6 Å². The molecule has 0 saturated carbocycles. The summed E-state index contributed by atoms with van der Waals surface area (Å²) in [5.41, 5.74) is 0.380. The first kappa shape index (κ1) is 12.7. The summed E-state index contributed by atoms with van der Waals surface area (Å²) in [5, 5.41) is 0. The molecule has 0 amide bonds. The average Bonchev–Trinajstić information content (AvgIpc) is 2.31. The molecule has 0 fully saturated rings. The van der Waals surface area contributed by atoms with Gasteiger partial charge in [0.1, 0.15) is 11.5 Å². The van der Waals surface area contributed by atoms with E-state index in [9.17, 15) is 8.42 Å².